The van der Waals surface area contributed by atoms with Crippen LogP contribution >= 0.6 is 0 Å². The van der Waals surface area contributed by atoms with Crippen LogP contribution in [0.15, 0.2) is 47.6 Å². The number of sulfonamides is 1. The summed E-state index contributed by atoms with van der Waals surface area (Å²) in [7, 11) is -2.26. The Morgan fingerprint density at radius 1 is 1.36 bits per heavy atom. The van der Waals surface area contributed by atoms with E-state index in [1.54, 1.807) is 7.11 Å². The van der Waals surface area contributed by atoms with Crippen LogP contribution in [-0.2, 0) is 21.2 Å². The molecule has 6 nitrogen and oxygen atoms in total. The van der Waals surface area contributed by atoms with Crippen molar-refractivity contribution in [3.05, 3.63) is 53.9 Å². The zero-order valence-corrected chi connectivity index (χ0v) is 14.8. The van der Waals surface area contributed by atoms with Crippen molar-refractivity contribution in [3.63, 3.8) is 0 Å². The number of methoxy groups -OCH3 is 1. The lowest BCUT2D eigenvalue weighted by atomic mass is 9.81. The van der Waals surface area contributed by atoms with Gasteiger partial charge in [-0.25, -0.2) is 13.1 Å². The van der Waals surface area contributed by atoms with Gasteiger partial charge in [0.25, 0.3) is 10.0 Å². The molecule has 0 unspecified atom stereocenters. The minimum atomic E-state index is -3.88. The minimum Gasteiger partial charge on any atom is -0.497 e. The molecule has 25 heavy (non-hydrogen) atoms. The monoisotopic (exact) mass is 360 g/mol. The van der Waals surface area contributed by atoms with Crippen LogP contribution < -0.4 is 9.46 Å². The van der Waals surface area contributed by atoms with Gasteiger partial charge in [-0.05, 0) is 60.6 Å². The maximum Gasteiger partial charge on any atom is 0.265 e. The first-order chi connectivity index (χ1) is 12.0. The third kappa shape index (κ3) is 3.99. The van der Waals surface area contributed by atoms with Crippen molar-refractivity contribution >= 4 is 15.9 Å². The second-order valence-corrected chi connectivity index (χ2v) is 7.76. The van der Waals surface area contributed by atoms with E-state index < -0.39 is 15.9 Å². The Kier molecular flexibility index (Phi) is 5.03. The van der Waals surface area contributed by atoms with Crippen molar-refractivity contribution in [3.8, 4) is 5.75 Å². The molecule has 1 aromatic carbocycles. The minimum absolute atomic E-state index is 0.0127. The number of nitrogens with zero attached hydrogens (tertiary/aromatic N) is 1. The number of hydrogen-bond acceptors (Lipinski definition) is 5. The van der Waals surface area contributed by atoms with Crippen molar-refractivity contribution in [1.82, 2.24) is 9.71 Å². The number of carbonyl (C=O) groups excluding carboxylic acids is 1. The molecule has 0 aliphatic heterocycles. The smallest absolute Gasteiger partial charge is 0.265 e. The predicted molar refractivity (Wildman–Crippen MR) is 92.9 cm³/mol. The molecule has 1 aromatic heterocycles. The van der Waals surface area contributed by atoms with E-state index in [0.717, 1.165) is 30.6 Å². The second-order valence-electron chi connectivity index (χ2n) is 6.08. The summed E-state index contributed by atoms with van der Waals surface area (Å²) < 4.78 is 31.8. The lowest BCUT2D eigenvalue weighted by Gasteiger charge is -2.25. The molecule has 0 saturated carbocycles. The molecule has 1 aliphatic carbocycles. The summed E-state index contributed by atoms with van der Waals surface area (Å²) in [5.74, 6) is 0.305. The number of fused-ring (bicyclic) bond motifs is 1. The number of pyridine rings is 1. The van der Waals surface area contributed by atoms with Gasteiger partial charge >= 0.3 is 0 Å². The first-order valence-electron chi connectivity index (χ1n) is 8.12. The number of ether oxygens (including phenoxy) is 1. The number of carbonyl (C=O) groups is 1. The first kappa shape index (κ1) is 17.4. The molecular weight excluding hydrogens is 340 g/mol. The number of nitrogens with one attached hydrogen (secondary N) is 1. The van der Waals surface area contributed by atoms with E-state index in [1.807, 2.05) is 18.2 Å². The van der Waals surface area contributed by atoms with Crippen LogP contribution in [-0.4, -0.2) is 26.4 Å². The number of aryl methyl sites for hydroxylation is 1. The Balaban J connectivity index is 1.72. The fraction of sp³-hybridized carbons (Fsp3) is 0.333. The molecule has 132 valence electrons. The predicted octanol–water partition coefficient (Wildman–Crippen LogP) is 2.41. The Bertz CT molecular complexity index is 866. The standard InChI is InChI=1S/C18H20N2O4S/c1-24-15-7-8-17-13(10-15)4-2-5-14(17)11-18(21)20-25(22,23)16-6-3-9-19-12-16/h3,6-10,12,14H,2,4-5,11H2,1H3,(H,20,21)/t14-/m1/s1. The van der Waals surface area contributed by atoms with Gasteiger partial charge in [-0.2, -0.15) is 0 Å². The molecule has 0 fully saturated rings. The number of amides is 1. The van der Waals surface area contributed by atoms with E-state index in [4.69, 9.17) is 4.74 Å². The van der Waals surface area contributed by atoms with Crippen LogP contribution in [0.2, 0.25) is 0 Å². The third-order valence-corrected chi connectivity index (χ3v) is 5.77. The van der Waals surface area contributed by atoms with Gasteiger partial charge in [-0.1, -0.05) is 6.07 Å². The number of benzene rings is 1. The summed E-state index contributed by atoms with van der Waals surface area (Å²) in [5, 5.41) is 0. The molecular formula is C18H20N2O4S. The highest BCUT2D eigenvalue weighted by Gasteiger charge is 2.25. The molecule has 3 rings (SSSR count). The molecule has 1 N–H and O–H groups in total. The third-order valence-electron chi connectivity index (χ3n) is 4.41. The number of rotatable bonds is 5. The fourth-order valence-electron chi connectivity index (χ4n) is 3.21. The number of aromatic nitrogens is 1. The largest absolute Gasteiger partial charge is 0.497 e. The Labute approximate surface area is 147 Å². The van der Waals surface area contributed by atoms with Crippen LogP contribution in [0.5, 0.6) is 5.75 Å². The van der Waals surface area contributed by atoms with Gasteiger partial charge in [0, 0.05) is 18.8 Å². The van der Waals surface area contributed by atoms with E-state index in [1.165, 1.54) is 30.1 Å². The van der Waals surface area contributed by atoms with Gasteiger partial charge in [0.15, 0.2) is 0 Å². The Morgan fingerprint density at radius 3 is 2.92 bits per heavy atom. The average Bonchev–Trinajstić information content (AvgIpc) is 2.61. The molecule has 0 saturated heterocycles. The van der Waals surface area contributed by atoms with Crippen LogP contribution in [0.25, 0.3) is 0 Å². The average molecular weight is 360 g/mol. The highest BCUT2D eigenvalue weighted by molar-refractivity contribution is 7.90. The highest BCUT2D eigenvalue weighted by Crippen LogP contribution is 2.35. The Morgan fingerprint density at radius 2 is 2.20 bits per heavy atom. The van der Waals surface area contributed by atoms with E-state index in [-0.39, 0.29) is 17.2 Å². The van der Waals surface area contributed by atoms with Crippen LogP contribution in [0, 0.1) is 0 Å². The SMILES string of the molecule is COc1ccc2c(c1)CCC[C@@H]2CC(=O)NS(=O)(=O)c1cccnc1. The lowest BCUT2D eigenvalue weighted by molar-refractivity contribution is -0.119. The molecule has 0 bridgehead atoms. The lowest BCUT2D eigenvalue weighted by Crippen LogP contribution is -2.32. The second kappa shape index (κ2) is 7.23. The zero-order chi connectivity index (χ0) is 17.9. The van der Waals surface area contributed by atoms with Gasteiger partial charge < -0.3 is 4.74 Å². The van der Waals surface area contributed by atoms with E-state index in [9.17, 15) is 13.2 Å². The van der Waals surface area contributed by atoms with Gasteiger partial charge in [0.05, 0.1) is 7.11 Å². The van der Waals surface area contributed by atoms with Crippen molar-refractivity contribution < 1.29 is 17.9 Å². The topological polar surface area (TPSA) is 85.4 Å². The van der Waals surface area contributed by atoms with Gasteiger partial charge in [-0.15, -0.1) is 0 Å². The summed E-state index contributed by atoms with van der Waals surface area (Å²) in [6.07, 6.45) is 5.61. The first-order valence-corrected chi connectivity index (χ1v) is 9.60. The normalized spacial score (nSPS) is 16.8. The van der Waals surface area contributed by atoms with E-state index >= 15 is 0 Å². The Hall–Kier alpha value is -2.41. The fourth-order valence-corrected chi connectivity index (χ4v) is 4.17. The maximum absolute atomic E-state index is 12.3. The van der Waals surface area contributed by atoms with Crippen molar-refractivity contribution in [2.24, 2.45) is 0 Å². The van der Waals surface area contributed by atoms with Crippen LogP contribution in [0.4, 0.5) is 0 Å². The summed E-state index contributed by atoms with van der Waals surface area (Å²) in [6, 6.07) is 8.77. The van der Waals surface area contributed by atoms with Gasteiger partial charge in [0.1, 0.15) is 10.6 Å². The van der Waals surface area contributed by atoms with Crippen LogP contribution in [0.1, 0.15) is 36.3 Å². The van der Waals surface area contributed by atoms with Crippen molar-refractivity contribution in [1.29, 1.82) is 0 Å². The summed E-state index contributed by atoms with van der Waals surface area (Å²) >= 11 is 0. The molecule has 7 heteroatoms. The van der Waals surface area contributed by atoms with E-state index in [0.29, 0.717) is 0 Å². The molecule has 1 atom stereocenters. The summed E-state index contributed by atoms with van der Waals surface area (Å²) in [4.78, 5) is 16.1. The van der Waals surface area contributed by atoms with Gasteiger partial charge in [-0.3, -0.25) is 9.78 Å². The van der Waals surface area contributed by atoms with Crippen molar-refractivity contribution in [2.45, 2.75) is 36.5 Å². The maximum atomic E-state index is 12.3. The zero-order valence-electron chi connectivity index (χ0n) is 13.9. The van der Waals surface area contributed by atoms with Gasteiger partial charge in [0.2, 0.25) is 5.91 Å². The molecule has 0 spiro atoms. The van der Waals surface area contributed by atoms with Crippen LogP contribution in [0.3, 0.4) is 0 Å². The molecule has 0 radical (unpaired) electrons. The highest BCUT2D eigenvalue weighted by atomic mass is 32.2. The van der Waals surface area contributed by atoms with E-state index in [2.05, 4.69) is 9.71 Å². The molecule has 1 amide bonds. The molecule has 2 aromatic rings. The summed E-state index contributed by atoms with van der Waals surface area (Å²) in [6.45, 7) is 0. The number of hydrogen-bond donors (Lipinski definition) is 1. The quantitative estimate of drug-likeness (QED) is 0.885. The molecule has 1 heterocycles. The van der Waals surface area contributed by atoms with Crippen molar-refractivity contribution in [2.75, 3.05) is 7.11 Å². The summed E-state index contributed by atoms with van der Waals surface area (Å²) in [5.41, 5.74) is 2.26. The molecule has 1 aliphatic rings.